The van der Waals surface area contributed by atoms with Gasteiger partial charge in [-0.05, 0) is 25.9 Å². The smallest absolute Gasteiger partial charge is 0.0550 e. The van der Waals surface area contributed by atoms with Crippen LogP contribution in [0.2, 0.25) is 0 Å². The lowest BCUT2D eigenvalue weighted by molar-refractivity contribution is 0.199. The standard InChI is InChI=1S/C10H17N3/c1-2-5-11-12-10-8-13-6-3-9(10)4-7-13/h2,9,11H,1,3-8H2/b12-10-. The molecule has 0 unspecified atom stereocenters. The van der Waals surface area contributed by atoms with Crippen LogP contribution in [0.3, 0.4) is 0 Å². The second kappa shape index (κ2) is 3.92. The van der Waals surface area contributed by atoms with Crippen LogP contribution < -0.4 is 5.43 Å². The van der Waals surface area contributed by atoms with E-state index < -0.39 is 0 Å². The summed E-state index contributed by atoms with van der Waals surface area (Å²) in [7, 11) is 0. The fourth-order valence-corrected chi connectivity index (χ4v) is 2.12. The minimum atomic E-state index is 0.752. The summed E-state index contributed by atoms with van der Waals surface area (Å²) in [5, 5.41) is 4.41. The second-order valence-electron chi connectivity index (χ2n) is 3.80. The van der Waals surface area contributed by atoms with Gasteiger partial charge in [-0.2, -0.15) is 5.10 Å². The zero-order valence-corrected chi connectivity index (χ0v) is 8.00. The van der Waals surface area contributed by atoms with Gasteiger partial charge >= 0.3 is 0 Å². The highest BCUT2D eigenvalue weighted by Crippen LogP contribution is 2.24. The van der Waals surface area contributed by atoms with Crippen LogP contribution in [0.1, 0.15) is 12.8 Å². The lowest BCUT2D eigenvalue weighted by atomic mass is 9.87. The first kappa shape index (κ1) is 8.75. The van der Waals surface area contributed by atoms with E-state index in [-0.39, 0.29) is 0 Å². The molecule has 3 aliphatic heterocycles. The SMILES string of the molecule is C=CCN/N=C1/CN2CCC1CC2. The molecule has 3 fully saturated rings. The summed E-state index contributed by atoms with van der Waals surface area (Å²) in [6.45, 7) is 8.04. The van der Waals surface area contributed by atoms with E-state index in [1.807, 2.05) is 6.08 Å². The maximum Gasteiger partial charge on any atom is 0.0550 e. The molecule has 3 rings (SSSR count). The summed E-state index contributed by atoms with van der Waals surface area (Å²) in [5.41, 5.74) is 4.38. The number of hydrogen-bond donors (Lipinski definition) is 1. The van der Waals surface area contributed by atoms with Crippen LogP contribution in [0.5, 0.6) is 0 Å². The minimum absolute atomic E-state index is 0.752. The number of nitrogens with one attached hydrogen (secondary N) is 1. The van der Waals surface area contributed by atoms with Crippen molar-refractivity contribution in [2.75, 3.05) is 26.2 Å². The van der Waals surface area contributed by atoms with E-state index in [1.54, 1.807) is 0 Å². The van der Waals surface area contributed by atoms with Crippen molar-refractivity contribution in [2.24, 2.45) is 11.0 Å². The van der Waals surface area contributed by atoms with E-state index >= 15 is 0 Å². The van der Waals surface area contributed by atoms with E-state index in [2.05, 4.69) is 22.0 Å². The molecule has 3 heterocycles. The topological polar surface area (TPSA) is 27.6 Å². The molecule has 0 aliphatic carbocycles. The predicted molar refractivity (Wildman–Crippen MR) is 54.8 cm³/mol. The van der Waals surface area contributed by atoms with Gasteiger partial charge in [-0.15, -0.1) is 6.58 Å². The number of hydrazone groups is 1. The predicted octanol–water partition coefficient (Wildman–Crippen LogP) is 0.844. The van der Waals surface area contributed by atoms with E-state index in [9.17, 15) is 0 Å². The minimum Gasteiger partial charge on any atom is -0.306 e. The highest BCUT2D eigenvalue weighted by Gasteiger charge is 2.30. The molecule has 0 spiro atoms. The van der Waals surface area contributed by atoms with Gasteiger partial charge in [0, 0.05) is 12.5 Å². The van der Waals surface area contributed by atoms with Crippen molar-refractivity contribution >= 4 is 5.71 Å². The fourth-order valence-electron chi connectivity index (χ4n) is 2.12. The van der Waals surface area contributed by atoms with E-state index in [4.69, 9.17) is 0 Å². The van der Waals surface area contributed by atoms with Crippen molar-refractivity contribution in [1.29, 1.82) is 0 Å². The first-order valence-corrected chi connectivity index (χ1v) is 5.02. The van der Waals surface area contributed by atoms with E-state index in [0.29, 0.717) is 0 Å². The average molecular weight is 179 g/mol. The zero-order valence-electron chi connectivity index (χ0n) is 8.00. The molecular weight excluding hydrogens is 162 g/mol. The third kappa shape index (κ3) is 1.91. The molecule has 0 radical (unpaired) electrons. The summed E-state index contributed by atoms with van der Waals surface area (Å²) in [6, 6.07) is 0. The van der Waals surface area contributed by atoms with Crippen LogP contribution in [0, 0.1) is 5.92 Å². The molecule has 3 nitrogen and oxygen atoms in total. The quantitative estimate of drug-likeness (QED) is 0.395. The summed E-state index contributed by atoms with van der Waals surface area (Å²) >= 11 is 0. The van der Waals surface area contributed by atoms with Crippen molar-refractivity contribution < 1.29 is 0 Å². The van der Waals surface area contributed by atoms with Crippen molar-refractivity contribution in [1.82, 2.24) is 10.3 Å². The summed E-state index contributed by atoms with van der Waals surface area (Å²) in [5.74, 6) is 0.752. The van der Waals surface area contributed by atoms with Gasteiger partial charge in [-0.1, -0.05) is 6.08 Å². The van der Waals surface area contributed by atoms with Gasteiger partial charge in [-0.3, -0.25) is 4.90 Å². The molecule has 0 atom stereocenters. The van der Waals surface area contributed by atoms with Crippen molar-refractivity contribution in [3.05, 3.63) is 12.7 Å². The Balaban J connectivity index is 1.92. The molecule has 0 aromatic heterocycles. The van der Waals surface area contributed by atoms with Gasteiger partial charge in [0.05, 0.1) is 12.3 Å². The van der Waals surface area contributed by atoms with Crippen molar-refractivity contribution in [3.8, 4) is 0 Å². The van der Waals surface area contributed by atoms with Crippen molar-refractivity contribution in [2.45, 2.75) is 12.8 Å². The van der Waals surface area contributed by atoms with Gasteiger partial charge in [0.1, 0.15) is 0 Å². The molecule has 0 aromatic carbocycles. The van der Waals surface area contributed by atoms with E-state index in [1.165, 1.54) is 31.6 Å². The molecule has 1 N–H and O–H groups in total. The highest BCUT2D eigenvalue weighted by molar-refractivity contribution is 5.89. The lowest BCUT2D eigenvalue weighted by Crippen LogP contribution is -2.48. The molecule has 13 heavy (non-hydrogen) atoms. The number of fused-ring (bicyclic) bond motifs is 3. The van der Waals surface area contributed by atoms with Crippen LogP contribution in [-0.2, 0) is 0 Å². The largest absolute Gasteiger partial charge is 0.306 e. The molecule has 2 bridgehead atoms. The lowest BCUT2D eigenvalue weighted by Gasteiger charge is -2.39. The van der Waals surface area contributed by atoms with Crippen LogP contribution in [0.15, 0.2) is 17.8 Å². The first-order valence-electron chi connectivity index (χ1n) is 5.02. The van der Waals surface area contributed by atoms with Crippen molar-refractivity contribution in [3.63, 3.8) is 0 Å². The van der Waals surface area contributed by atoms with Crippen LogP contribution >= 0.6 is 0 Å². The Morgan fingerprint density at radius 1 is 1.54 bits per heavy atom. The molecule has 3 saturated heterocycles. The number of nitrogens with zero attached hydrogens (tertiary/aromatic N) is 2. The Bertz CT molecular complexity index is 214. The van der Waals surface area contributed by atoms with Gasteiger partial charge in [0.25, 0.3) is 0 Å². The summed E-state index contributed by atoms with van der Waals surface area (Å²) < 4.78 is 0. The zero-order chi connectivity index (χ0) is 9.10. The molecule has 0 saturated carbocycles. The summed E-state index contributed by atoms with van der Waals surface area (Å²) in [4.78, 5) is 2.48. The fraction of sp³-hybridized carbons (Fsp3) is 0.700. The third-order valence-electron chi connectivity index (χ3n) is 2.90. The Morgan fingerprint density at radius 3 is 2.85 bits per heavy atom. The summed E-state index contributed by atoms with van der Waals surface area (Å²) in [6.07, 6.45) is 4.44. The normalized spacial score (nSPS) is 34.9. The van der Waals surface area contributed by atoms with Gasteiger partial charge < -0.3 is 5.43 Å². The highest BCUT2D eigenvalue weighted by atomic mass is 15.3. The first-order chi connectivity index (χ1) is 6.40. The van der Waals surface area contributed by atoms with Gasteiger partial charge in [0.15, 0.2) is 0 Å². The van der Waals surface area contributed by atoms with Gasteiger partial charge in [0.2, 0.25) is 0 Å². The number of piperidine rings is 3. The number of rotatable bonds is 3. The molecule has 0 amide bonds. The Morgan fingerprint density at radius 2 is 2.31 bits per heavy atom. The Hall–Kier alpha value is -0.830. The maximum atomic E-state index is 4.41. The second-order valence-corrected chi connectivity index (χ2v) is 3.80. The molecule has 72 valence electrons. The molecule has 3 aliphatic rings. The molecule has 3 heteroatoms. The Kier molecular flexibility index (Phi) is 2.64. The third-order valence-corrected chi connectivity index (χ3v) is 2.90. The molecule has 0 aromatic rings. The van der Waals surface area contributed by atoms with Gasteiger partial charge in [-0.25, -0.2) is 0 Å². The number of hydrogen-bond acceptors (Lipinski definition) is 3. The average Bonchev–Trinajstić information content (AvgIpc) is 2.20. The monoisotopic (exact) mass is 179 g/mol. The van der Waals surface area contributed by atoms with Crippen LogP contribution in [-0.4, -0.2) is 36.8 Å². The Labute approximate surface area is 79.5 Å². The molecular formula is C10H17N3. The van der Waals surface area contributed by atoms with E-state index in [0.717, 1.165) is 19.0 Å². The van der Waals surface area contributed by atoms with Crippen LogP contribution in [0.25, 0.3) is 0 Å². The maximum absolute atomic E-state index is 4.41. The van der Waals surface area contributed by atoms with Crippen LogP contribution in [0.4, 0.5) is 0 Å².